The molecule has 0 saturated heterocycles. The second-order valence-electron chi connectivity index (χ2n) is 4.57. The number of nitrogens with zero attached hydrogens (tertiary/aromatic N) is 1. The van der Waals surface area contributed by atoms with Crippen LogP contribution in [0.4, 0.5) is 0 Å². The lowest BCUT2D eigenvalue weighted by atomic mass is 10.1. The van der Waals surface area contributed by atoms with E-state index < -0.39 is 0 Å². The van der Waals surface area contributed by atoms with Gasteiger partial charge in [-0.2, -0.15) is 0 Å². The number of benzene rings is 1. The number of amides is 1. The highest BCUT2D eigenvalue weighted by Crippen LogP contribution is 2.20. The largest absolute Gasteiger partial charge is 0.383 e. The lowest BCUT2D eigenvalue weighted by Crippen LogP contribution is -2.39. The van der Waals surface area contributed by atoms with E-state index >= 15 is 0 Å². The van der Waals surface area contributed by atoms with Crippen LogP contribution >= 0.6 is 15.9 Å². The van der Waals surface area contributed by atoms with Crippen molar-refractivity contribution in [3.8, 4) is 0 Å². The maximum Gasteiger partial charge on any atom is 0.255 e. The average molecular weight is 314 g/mol. The molecule has 0 spiro atoms. The first kappa shape index (κ1) is 15.2. The minimum Gasteiger partial charge on any atom is -0.383 e. The smallest absolute Gasteiger partial charge is 0.255 e. The monoisotopic (exact) mass is 313 g/mol. The van der Waals surface area contributed by atoms with Gasteiger partial charge in [-0.3, -0.25) is 4.79 Å². The second-order valence-corrected chi connectivity index (χ2v) is 5.42. The quantitative estimate of drug-likeness (QED) is 0.835. The minimum absolute atomic E-state index is 0.0360. The van der Waals surface area contributed by atoms with Crippen molar-refractivity contribution in [2.45, 2.75) is 26.8 Å². The Kier molecular flexibility index (Phi) is 5.82. The normalized spacial score (nSPS) is 10.8. The molecule has 0 fully saturated rings. The molecule has 0 heterocycles. The van der Waals surface area contributed by atoms with Gasteiger partial charge in [-0.05, 0) is 54.4 Å². The zero-order chi connectivity index (χ0) is 13.7. The Morgan fingerprint density at radius 1 is 1.44 bits per heavy atom. The summed E-state index contributed by atoms with van der Waals surface area (Å²) in [6, 6.07) is 5.93. The van der Waals surface area contributed by atoms with Crippen molar-refractivity contribution in [2.24, 2.45) is 0 Å². The molecule has 0 atom stereocenters. The molecule has 0 N–H and O–H groups in total. The summed E-state index contributed by atoms with van der Waals surface area (Å²) in [4.78, 5) is 14.3. The van der Waals surface area contributed by atoms with Crippen LogP contribution in [-0.4, -0.2) is 37.1 Å². The molecule has 0 aliphatic carbocycles. The van der Waals surface area contributed by atoms with Crippen molar-refractivity contribution >= 4 is 21.8 Å². The van der Waals surface area contributed by atoms with Crippen molar-refractivity contribution in [2.75, 3.05) is 20.3 Å². The summed E-state index contributed by atoms with van der Waals surface area (Å²) < 4.78 is 5.90. The molecule has 0 radical (unpaired) electrons. The lowest BCUT2D eigenvalue weighted by molar-refractivity contribution is 0.0634. The number of rotatable bonds is 5. The fourth-order valence-electron chi connectivity index (χ4n) is 1.73. The Balaban J connectivity index is 2.94. The van der Waals surface area contributed by atoms with Crippen molar-refractivity contribution in [1.29, 1.82) is 0 Å². The van der Waals surface area contributed by atoms with Gasteiger partial charge in [-0.25, -0.2) is 0 Å². The second kappa shape index (κ2) is 6.90. The third kappa shape index (κ3) is 3.82. The van der Waals surface area contributed by atoms with Crippen LogP contribution in [0.1, 0.15) is 29.8 Å². The highest BCUT2D eigenvalue weighted by molar-refractivity contribution is 9.10. The van der Waals surface area contributed by atoms with E-state index in [9.17, 15) is 4.79 Å². The average Bonchev–Trinajstić information content (AvgIpc) is 2.28. The molecule has 0 aromatic heterocycles. The van der Waals surface area contributed by atoms with E-state index in [4.69, 9.17) is 4.74 Å². The number of methoxy groups -OCH3 is 1. The van der Waals surface area contributed by atoms with E-state index in [0.717, 1.165) is 10.0 Å². The molecule has 18 heavy (non-hydrogen) atoms. The van der Waals surface area contributed by atoms with Crippen LogP contribution in [0.5, 0.6) is 0 Å². The fourth-order valence-corrected chi connectivity index (χ4v) is 2.40. The van der Waals surface area contributed by atoms with Crippen molar-refractivity contribution < 1.29 is 9.53 Å². The van der Waals surface area contributed by atoms with Gasteiger partial charge in [0.1, 0.15) is 0 Å². The molecule has 4 heteroatoms. The summed E-state index contributed by atoms with van der Waals surface area (Å²) in [7, 11) is 1.64. The van der Waals surface area contributed by atoms with E-state index in [1.807, 2.05) is 43.9 Å². The number of aryl methyl sites for hydroxylation is 1. The minimum atomic E-state index is 0.0360. The van der Waals surface area contributed by atoms with E-state index in [2.05, 4.69) is 15.9 Å². The third-order valence-electron chi connectivity index (χ3n) is 2.78. The van der Waals surface area contributed by atoms with Gasteiger partial charge in [0.2, 0.25) is 0 Å². The maximum atomic E-state index is 12.5. The maximum absolute atomic E-state index is 12.5. The van der Waals surface area contributed by atoms with Gasteiger partial charge < -0.3 is 9.64 Å². The summed E-state index contributed by atoms with van der Waals surface area (Å²) in [5.74, 6) is 0.0360. The van der Waals surface area contributed by atoms with Crippen molar-refractivity contribution in [1.82, 2.24) is 4.90 Å². The zero-order valence-corrected chi connectivity index (χ0v) is 13.0. The van der Waals surface area contributed by atoms with E-state index in [0.29, 0.717) is 18.7 Å². The van der Waals surface area contributed by atoms with Crippen LogP contribution in [0, 0.1) is 6.92 Å². The molecule has 0 aliphatic rings. The topological polar surface area (TPSA) is 29.5 Å². The van der Waals surface area contributed by atoms with Gasteiger partial charge in [-0.1, -0.05) is 6.07 Å². The molecule has 0 unspecified atom stereocenters. The van der Waals surface area contributed by atoms with Crippen LogP contribution in [-0.2, 0) is 4.74 Å². The Morgan fingerprint density at radius 3 is 2.61 bits per heavy atom. The highest BCUT2D eigenvalue weighted by Gasteiger charge is 2.20. The highest BCUT2D eigenvalue weighted by atomic mass is 79.9. The van der Waals surface area contributed by atoms with Crippen molar-refractivity contribution in [3.05, 3.63) is 33.8 Å². The van der Waals surface area contributed by atoms with Crippen LogP contribution in [0.3, 0.4) is 0 Å². The number of halogens is 1. The summed E-state index contributed by atoms with van der Waals surface area (Å²) in [6.07, 6.45) is 0. The molecular formula is C14H20BrNO2. The van der Waals surface area contributed by atoms with Gasteiger partial charge in [0.15, 0.2) is 0 Å². The summed E-state index contributed by atoms with van der Waals surface area (Å²) in [5.41, 5.74) is 1.83. The first-order chi connectivity index (χ1) is 8.47. The first-order valence-electron chi connectivity index (χ1n) is 6.03. The van der Waals surface area contributed by atoms with Crippen LogP contribution in [0.2, 0.25) is 0 Å². The molecule has 3 nitrogen and oxygen atoms in total. The molecule has 1 rings (SSSR count). The van der Waals surface area contributed by atoms with E-state index in [-0.39, 0.29) is 11.9 Å². The predicted octanol–water partition coefficient (Wildman–Crippen LogP) is 3.25. The number of hydrogen-bond acceptors (Lipinski definition) is 2. The third-order valence-corrected chi connectivity index (χ3v) is 3.43. The first-order valence-corrected chi connectivity index (χ1v) is 6.82. The molecule has 100 valence electrons. The fraction of sp³-hybridized carbons (Fsp3) is 0.500. The summed E-state index contributed by atoms with van der Waals surface area (Å²) >= 11 is 3.45. The van der Waals surface area contributed by atoms with Gasteiger partial charge in [0.05, 0.1) is 12.2 Å². The number of carbonyl (C=O) groups is 1. The molecule has 1 aromatic rings. The SMILES string of the molecule is COCCN(C(=O)c1ccc(C)cc1Br)C(C)C. The van der Waals surface area contributed by atoms with E-state index in [1.54, 1.807) is 7.11 Å². The Labute approximate surface area is 117 Å². The van der Waals surface area contributed by atoms with Gasteiger partial charge in [0, 0.05) is 24.2 Å². The number of carbonyl (C=O) groups excluding carboxylic acids is 1. The summed E-state index contributed by atoms with van der Waals surface area (Å²) in [5, 5.41) is 0. The molecule has 0 aliphatic heterocycles. The van der Waals surface area contributed by atoms with Crippen LogP contribution < -0.4 is 0 Å². The molecular weight excluding hydrogens is 294 g/mol. The Hall–Kier alpha value is -0.870. The van der Waals surface area contributed by atoms with Gasteiger partial charge in [0.25, 0.3) is 5.91 Å². The number of hydrogen-bond donors (Lipinski definition) is 0. The van der Waals surface area contributed by atoms with Gasteiger partial charge >= 0.3 is 0 Å². The van der Waals surface area contributed by atoms with E-state index in [1.165, 1.54) is 0 Å². The molecule has 1 aromatic carbocycles. The summed E-state index contributed by atoms with van der Waals surface area (Å²) in [6.45, 7) is 7.18. The number of ether oxygens (including phenoxy) is 1. The molecule has 1 amide bonds. The molecule has 0 saturated carbocycles. The molecule has 0 bridgehead atoms. The zero-order valence-electron chi connectivity index (χ0n) is 11.4. The van der Waals surface area contributed by atoms with Crippen LogP contribution in [0.15, 0.2) is 22.7 Å². The van der Waals surface area contributed by atoms with Gasteiger partial charge in [-0.15, -0.1) is 0 Å². The van der Waals surface area contributed by atoms with Crippen LogP contribution in [0.25, 0.3) is 0 Å². The standard InChI is InChI=1S/C14H20BrNO2/c1-10(2)16(7-8-18-4)14(17)12-6-5-11(3)9-13(12)15/h5-6,9-10H,7-8H2,1-4H3. The predicted molar refractivity (Wildman–Crippen MR) is 76.9 cm³/mol. The Bertz CT molecular complexity index is 418. The lowest BCUT2D eigenvalue weighted by Gasteiger charge is -2.27. The Morgan fingerprint density at radius 2 is 2.11 bits per heavy atom. The van der Waals surface area contributed by atoms with Crippen molar-refractivity contribution in [3.63, 3.8) is 0 Å².